The summed E-state index contributed by atoms with van der Waals surface area (Å²) >= 11 is 0. The molecule has 4 nitrogen and oxygen atoms in total. The van der Waals surface area contributed by atoms with Crippen LogP contribution in [0.2, 0.25) is 0 Å². The number of rotatable bonds is 38. The lowest BCUT2D eigenvalue weighted by atomic mass is 10.0. The van der Waals surface area contributed by atoms with E-state index in [-0.39, 0.29) is 6.10 Å². The predicted octanol–water partition coefficient (Wildman–Crippen LogP) is 14.3. The zero-order valence-corrected chi connectivity index (χ0v) is 32.6. The maximum Gasteiger partial charge on any atom is 0.327 e. The summed E-state index contributed by atoms with van der Waals surface area (Å²) in [5.41, 5.74) is 0. The zero-order chi connectivity index (χ0) is 33.1. The van der Waals surface area contributed by atoms with Gasteiger partial charge in [-0.15, -0.1) is 0 Å². The zero-order valence-electron chi connectivity index (χ0n) is 31.7. The molecule has 0 heterocycles. The summed E-state index contributed by atoms with van der Waals surface area (Å²) < 4.78 is 25.0. The molecular formula is C40H84NO3P. The molecular weight excluding hydrogens is 573 g/mol. The van der Waals surface area contributed by atoms with Crippen molar-refractivity contribution < 1.29 is 13.6 Å². The van der Waals surface area contributed by atoms with E-state index in [0.29, 0.717) is 6.61 Å². The molecule has 45 heavy (non-hydrogen) atoms. The Morgan fingerprint density at radius 3 is 1.00 bits per heavy atom. The van der Waals surface area contributed by atoms with Gasteiger partial charge in [0.2, 0.25) is 0 Å². The summed E-state index contributed by atoms with van der Waals surface area (Å²) in [6.45, 7) is 7.50. The fourth-order valence-electron chi connectivity index (χ4n) is 6.43. The van der Waals surface area contributed by atoms with Gasteiger partial charge in [0.25, 0.3) is 0 Å². The number of likely N-dealkylation sites (N-methyl/N-ethyl adjacent to an activating group) is 1. The largest absolute Gasteiger partial charge is 0.327 e. The predicted molar refractivity (Wildman–Crippen MR) is 202 cm³/mol. The van der Waals surface area contributed by atoms with Crippen LogP contribution in [0, 0.1) is 0 Å². The van der Waals surface area contributed by atoms with Crippen LogP contribution >= 0.6 is 7.60 Å². The second-order valence-corrected chi connectivity index (χ2v) is 16.6. The van der Waals surface area contributed by atoms with Crippen LogP contribution in [0.25, 0.3) is 0 Å². The number of hydrogen-bond acceptors (Lipinski definition) is 4. The Bertz CT molecular complexity index is 580. The fraction of sp³-hybridized carbons (Fsp3) is 1.00. The van der Waals surface area contributed by atoms with E-state index in [2.05, 4.69) is 18.7 Å². The molecule has 0 aromatic rings. The quantitative estimate of drug-likeness (QED) is 0.0489. The molecule has 0 rings (SSSR count). The first-order valence-electron chi connectivity index (χ1n) is 20.5. The molecule has 0 aliphatic carbocycles. The summed E-state index contributed by atoms with van der Waals surface area (Å²) in [5, 5.41) is 0. The molecule has 0 saturated carbocycles. The van der Waals surface area contributed by atoms with Crippen LogP contribution in [0.1, 0.15) is 219 Å². The van der Waals surface area contributed by atoms with Crippen LogP contribution in [0.15, 0.2) is 0 Å². The Morgan fingerprint density at radius 2 is 0.733 bits per heavy atom. The highest BCUT2D eigenvalue weighted by molar-refractivity contribution is 7.53. The van der Waals surface area contributed by atoms with Crippen LogP contribution in [-0.2, 0) is 13.6 Å². The molecule has 0 aromatic carbocycles. The lowest BCUT2D eigenvalue weighted by molar-refractivity contribution is 0.127. The number of unbranched alkanes of at least 4 members (excludes halogenated alkanes) is 28. The van der Waals surface area contributed by atoms with E-state index in [1.165, 1.54) is 193 Å². The minimum Gasteiger partial charge on any atom is -0.307 e. The van der Waals surface area contributed by atoms with E-state index in [9.17, 15) is 4.57 Å². The number of hydrogen-bond donors (Lipinski definition) is 0. The van der Waals surface area contributed by atoms with Crippen LogP contribution in [0.5, 0.6) is 0 Å². The second kappa shape index (κ2) is 35.4. The minimum atomic E-state index is -3.01. The van der Waals surface area contributed by atoms with Crippen LogP contribution in [-0.4, -0.2) is 44.9 Å². The van der Waals surface area contributed by atoms with E-state index >= 15 is 0 Å². The highest BCUT2D eigenvalue weighted by Gasteiger charge is 2.23. The van der Waals surface area contributed by atoms with Crippen molar-refractivity contribution in [3.05, 3.63) is 0 Å². The van der Waals surface area contributed by atoms with Gasteiger partial charge >= 0.3 is 7.60 Å². The molecule has 1 unspecified atom stereocenters. The van der Waals surface area contributed by atoms with Crippen molar-refractivity contribution in [3.63, 3.8) is 0 Å². The maximum absolute atomic E-state index is 13.1. The summed E-state index contributed by atoms with van der Waals surface area (Å²) in [7, 11) is 1.02. The number of nitrogens with zero attached hydrogens (tertiary/aromatic N) is 1. The molecule has 0 aromatic heterocycles. The van der Waals surface area contributed by atoms with Gasteiger partial charge in [0.1, 0.15) is 0 Å². The van der Waals surface area contributed by atoms with Gasteiger partial charge < -0.3 is 13.9 Å². The fourth-order valence-corrected chi connectivity index (χ4v) is 7.65. The van der Waals surface area contributed by atoms with Crippen molar-refractivity contribution in [2.45, 2.75) is 225 Å². The molecule has 0 fully saturated rings. The van der Waals surface area contributed by atoms with E-state index in [1.807, 2.05) is 14.1 Å². The standard InChI is InChI=1S/C40H84NO3P/c1-6-8-10-12-14-16-18-20-22-24-26-28-30-32-34-36-40(44-45(5,42)43-39-38-41(3)4)37-35-33-31-29-27-25-23-21-19-17-15-13-11-9-7-2/h40H,6-39H2,1-5H3. The highest BCUT2D eigenvalue weighted by Crippen LogP contribution is 2.46. The van der Waals surface area contributed by atoms with Crippen molar-refractivity contribution in [2.24, 2.45) is 0 Å². The second-order valence-electron chi connectivity index (χ2n) is 14.6. The van der Waals surface area contributed by atoms with Crippen LogP contribution in [0.4, 0.5) is 0 Å². The molecule has 0 amide bonds. The van der Waals surface area contributed by atoms with Gasteiger partial charge in [-0.3, -0.25) is 4.57 Å². The summed E-state index contributed by atoms with van der Waals surface area (Å²) in [6.07, 6.45) is 43.6. The van der Waals surface area contributed by atoms with Gasteiger partial charge in [-0.25, -0.2) is 0 Å². The lowest BCUT2D eigenvalue weighted by Crippen LogP contribution is -2.19. The lowest BCUT2D eigenvalue weighted by Gasteiger charge is -2.23. The van der Waals surface area contributed by atoms with Gasteiger partial charge in [-0.2, -0.15) is 0 Å². The van der Waals surface area contributed by atoms with Crippen LogP contribution < -0.4 is 0 Å². The summed E-state index contributed by atoms with van der Waals surface area (Å²) in [5.74, 6) is 0. The SMILES string of the molecule is CCCCCCCCCCCCCCCCCC(CCCCCCCCCCCCCCCCC)OP(C)(=O)OCCN(C)C. The van der Waals surface area contributed by atoms with E-state index in [1.54, 1.807) is 6.66 Å². The third-order valence-electron chi connectivity index (χ3n) is 9.46. The van der Waals surface area contributed by atoms with Crippen molar-refractivity contribution in [1.29, 1.82) is 0 Å². The molecule has 1 atom stereocenters. The first kappa shape index (κ1) is 45.1. The molecule has 0 bridgehead atoms. The molecule has 0 saturated heterocycles. The molecule has 0 radical (unpaired) electrons. The first-order valence-corrected chi connectivity index (χ1v) is 22.5. The van der Waals surface area contributed by atoms with Crippen molar-refractivity contribution in [3.8, 4) is 0 Å². The Hall–Kier alpha value is 0.110. The van der Waals surface area contributed by atoms with Crippen LogP contribution in [0.3, 0.4) is 0 Å². The van der Waals surface area contributed by atoms with E-state index in [0.717, 1.165) is 19.4 Å². The third-order valence-corrected chi connectivity index (χ3v) is 10.8. The van der Waals surface area contributed by atoms with Crippen molar-refractivity contribution in [2.75, 3.05) is 33.9 Å². The topological polar surface area (TPSA) is 38.8 Å². The summed E-state index contributed by atoms with van der Waals surface area (Å²) in [6, 6.07) is 0. The molecule has 0 spiro atoms. The minimum absolute atomic E-state index is 0.0733. The molecule has 5 heteroatoms. The van der Waals surface area contributed by atoms with Crippen molar-refractivity contribution in [1.82, 2.24) is 4.90 Å². The first-order chi connectivity index (χ1) is 21.9. The Morgan fingerprint density at radius 1 is 0.467 bits per heavy atom. The molecule has 0 aliphatic rings. The van der Waals surface area contributed by atoms with Gasteiger partial charge in [0.15, 0.2) is 0 Å². The Balaban J connectivity index is 4.00. The Labute approximate surface area is 284 Å². The normalized spacial score (nSPS) is 13.3. The smallest absolute Gasteiger partial charge is 0.307 e. The van der Waals surface area contributed by atoms with Gasteiger partial charge in [0, 0.05) is 13.2 Å². The maximum atomic E-state index is 13.1. The Kier molecular flexibility index (Phi) is 35.5. The van der Waals surface area contributed by atoms with Crippen molar-refractivity contribution >= 4 is 7.60 Å². The average Bonchev–Trinajstić information content (AvgIpc) is 3.00. The summed E-state index contributed by atoms with van der Waals surface area (Å²) in [4.78, 5) is 2.06. The van der Waals surface area contributed by atoms with E-state index < -0.39 is 7.60 Å². The van der Waals surface area contributed by atoms with E-state index in [4.69, 9.17) is 9.05 Å². The third kappa shape index (κ3) is 36.8. The van der Waals surface area contributed by atoms with Gasteiger partial charge in [0.05, 0.1) is 12.7 Å². The highest BCUT2D eigenvalue weighted by atomic mass is 31.2. The average molecular weight is 658 g/mol. The van der Waals surface area contributed by atoms with Gasteiger partial charge in [-0.1, -0.05) is 206 Å². The molecule has 0 N–H and O–H groups in total. The van der Waals surface area contributed by atoms with Gasteiger partial charge in [-0.05, 0) is 26.9 Å². The monoisotopic (exact) mass is 658 g/mol. The molecule has 272 valence electrons. The molecule has 0 aliphatic heterocycles.